The van der Waals surface area contributed by atoms with Crippen molar-refractivity contribution in [3.05, 3.63) is 34.9 Å². The quantitative estimate of drug-likeness (QED) is 0.793. The van der Waals surface area contributed by atoms with Crippen molar-refractivity contribution in [2.45, 2.75) is 52.5 Å². The highest BCUT2D eigenvalue weighted by molar-refractivity contribution is 6.22. The second kappa shape index (κ2) is 4.95. The Morgan fingerprint density at radius 3 is 2.14 bits per heavy atom. The van der Waals surface area contributed by atoms with E-state index in [1.807, 2.05) is 32.9 Å². The van der Waals surface area contributed by atoms with Crippen LogP contribution in [0.4, 0.5) is 0 Å². The maximum absolute atomic E-state index is 12.4. The zero-order valence-corrected chi connectivity index (χ0v) is 13.9. The van der Waals surface area contributed by atoms with Crippen LogP contribution < -0.4 is 0 Å². The van der Waals surface area contributed by atoms with Crippen LogP contribution in [0.2, 0.25) is 0 Å². The summed E-state index contributed by atoms with van der Waals surface area (Å²) in [5.41, 5.74) is 2.41. The molecule has 1 heterocycles. The zero-order chi connectivity index (χ0) is 16.0. The second-order valence-electron chi connectivity index (χ2n) is 7.40. The van der Waals surface area contributed by atoms with E-state index < -0.39 is 0 Å². The maximum Gasteiger partial charge on any atom is 0.284 e. The first-order chi connectivity index (χ1) is 9.54. The molecule has 1 aromatic carbocycles. The van der Waals surface area contributed by atoms with Gasteiger partial charge in [0.1, 0.15) is 0 Å². The molecule has 0 aromatic heterocycles. The van der Waals surface area contributed by atoms with Crippen LogP contribution in [0.25, 0.3) is 0 Å². The van der Waals surface area contributed by atoms with Crippen LogP contribution in [0.15, 0.2) is 23.2 Å². The minimum atomic E-state index is -0.286. The summed E-state index contributed by atoms with van der Waals surface area (Å²) in [6.07, 6.45) is 0. The van der Waals surface area contributed by atoms with Crippen LogP contribution in [-0.4, -0.2) is 29.5 Å². The first-order valence-corrected chi connectivity index (χ1v) is 7.18. The predicted octanol–water partition coefficient (Wildman–Crippen LogP) is 3.55. The molecular weight excluding hydrogens is 264 g/mol. The summed E-state index contributed by atoms with van der Waals surface area (Å²) in [5.74, 6) is 0.437. The lowest BCUT2D eigenvalue weighted by atomic mass is 9.85. The van der Waals surface area contributed by atoms with E-state index in [1.54, 1.807) is 0 Å². The van der Waals surface area contributed by atoms with Crippen molar-refractivity contribution in [1.29, 1.82) is 0 Å². The molecule has 0 N–H and O–H groups in total. The molecule has 1 aromatic rings. The Balaban J connectivity index is 2.64. The molecule has 1 aliphatic rings. The van der Waals surface area contributed by atoms with Gasteiger partial charge in [-0.05, 0) is 43.9 Å². The zero-order valence-electron chi connectivity index (χ0n) is 13.9. The van der Waals surface area contributed by atoms with Crippen LogP contribution in [0.3, 0.4) is 0 Å². The first kappa shape index (κ1) is 15.7. The summed E-state index contributed by atoms with van der Waals surface area (Å²) in [4.78, 5) is 22.3. The van der Waals surface area contributed by atoms with Gasteiger partial charge in [0.25, 0.3) is 5.91 Å². The number of hydrogen-bond acceptors (Lipinski definition) is 3. The van der Waals surface area contributed by atoms with E-state index in [0.29, 0.717) is 11.4 Å². The lowest BCUT2D eigenvalue weighted by Gasteiger charge is -2.21. The van der Waals surface area contributed by atoms with Crippen molar-refractivity contribution in [3.8, 4) is 0 Å². The molecule has 1 amide bonds. The summed E-state index contributed by atoms with van der Waals surface area (Å²) in [6, 6.07) is 5.93. The highest BCUT2D eigenvalue weighted by Crippen LogP contribution is 2.30. The first-order valence-electron chi connectivity index (χ1n) is 7.18. The number of amides is 1. The average molecular weight is 288 g/mol. The number of carbonyl (C=O) groups excluding carboxylic acids is 1. The third-order valence-corrected chi connectivity index (χ3v) is 3.36. The minimum Gasteiger partial charge on any atom is -0.268 e. The van der Waals surface area contributed by atoms with Gasteiger partial charge < -0.3 is 0 Å². The van der Waals surface area contributed by atoms with Crippen LogP contribution in [0.5, 0.6) is 0 Å². The van der Waals surface area contributed by atoms with Crippen molar-refractivity contribution < 1.29 is 9.63 Å². The number of rotatable bonds is 1. The monoisotopic (exact) mass is 288 g/mol. The van der Waals surface area contributed by atoms with Gasteiger partial charge in [-0.3, -0.25) is 14.6 Å². The number of hydroxylamine groups is 2. The third kappa shape index (κ3) is 3.00. The molecule has 0 fully saturated rings. The summed E-state index contributed by atoms with van der Waals surface area (Å²) < 4.78 is 0. The van der Waals surface area contributed by atoms with Gasteiger partial charge in [0.2, 0.25) is 0 Å². The highest BCUT2D eigenvalue weighted by Gasteiger charge is 2.36. The molecule has 1 aliphatic heterocycles. The van der Waals surface area contributed by atoms with E-state index in [2.05, 4.69) is 31.8 Å². The number of hydrogen-bond donors (Lipinski definition) is 0. The van der Waals surface area contributed by atoms with E-state index in [1.165, 1.54) is 17.7 Å². The summed E-state index contributed by atoms with van der Waals surface area (Å²) in [7, 11) is 1.49. The van der Waals surface area contributed by atoms with E-state index in [-0.39, 0.29) is 16.9 Å². The molecule has 0 spiro atoms. The highest BCUT2D eigenvalue weighted by atomic mass is 16.7. The van der Waals surface area contributed by atoms with Crippen LogP contribution in [-0.2, 0) is 10.3 Å². The van der Waals surface area contributed by atoms with Crippen molar-refractivity contribution in [2.24, 2.45) is 4.99 Å². The number of fused-ring (bicyclic) bond motifs is 1. The van der Waals surface area contributed by atoms with Crippen LogP contribution >= 0.6 is 0 Å². The fourth-order valence-corrected chi connectivity index (χ4v) is 2.29. The number of amidine groups is 1. The number of carbonyl (C=O) groups is 1. The Bertz CT molecular complexity index is 604. The predicted molar refractivity (Wildman–Crippen MR) is 84.6 cm³/mol. The second-order valence-corrected chi connectivity index (χ2v) is 7.40. The molecule has 2 rings (SSSR count). The van der Waals surface area contributed by atoms with Gasteiger partial charge >= 0.3 is 0 Å². The van der Waals surface area contributed by atoms with Crippen molar-refractivity contribution in [1.82, 2.24) is 5.06 Å². The Kier molecular flexibility index (Phi) is 3.70. The van der Waals surface area contributed by atoms with Gasteiger partial charge in [0.15, 0.2) is 5.84 Å². The maximum atomic E-state index is 12.4. The fourth-order valence-electron chi connectivity index (χ4n) is 2.29. The Labute approximate surface area is 126 Å². The summed E-state index contributed by atoms with van der Waals surface area (Å²) in [5, 5.41) is 1.28. The molecule has 4 nitrogen and oxygen atoms in total. The topological polar surface area (TPSA) is 41.9 Å². The smallest absolute Gasteiger partial charge is 0.268 e. The Morgan fingerprint density at radius 1 is 1.05 bits per heavy atom. The molecule has 0 radical (unpaired) electrons. The third-order valence-electron chi connectivity index (χ3n) is 3.36. The molecule has 0 unspecified atom stereocenters. The Morgan fingerprint density at radius 2 is 1.67 bits per heavy atom. The number of benzene rings is 1. The van der Waals surface area contributed by atoms with Crippen molar-refractivity contribution in [3.63, 3.8) is 0 Å². The number of nitrogens with zero attached hydrogens (tertiary/aromatic N) is 2. The molecule has 0 atom stereocenters. The van der Waals surface area contributed by atoms with Crippen LogP contribution in [0.1, 0.15) is 63.0 Å². The fraction of sp³-hybridized carbons (Fsp3) is 0.529. The van der Waals surface area contributed by atoms with Gasteiger partial charge in [-0.15, -0.1) is 0 Å². The van der Waals surface area contributed by atoms with Gasteiger partial charge in [-0.2, -0.15) is 5.06 Å². The van der Waals surface area contributed by atoms with E-state index in [9.17, 15) is 4.79 Å². The van der Waals surface area contributed by atoms with E-state index >= 15 is 0 Å². The van der Waals surface area contributed by atoms with Crippen LogP contribution in [0, 0.1) is 0 Å². The molecule has 0 bridgehead atoms. The minimum absolute atomic E-state index is 0.0193. The molecule has 0 saturated heterocycles. The van der Waals surface area contributed by atoms with Gasteiger partial charge in [0.05, 0.1) is 18.2 Å². The van der Waals surface area contributed by atoms with Crippen molar-refractivity contribution >= 4 is 11.7 Å². The molecule has 21 heavy (non-hydrogen) atoms. The van der Waals surface area contributed by atoms with E-state index in [0.717, 1.165) is 5.56 Å². The normalized spacial score (nSPS) is 17.6. The molecule has 0 aliphatic carbocycles. The van der Waals surface area contributed by atoms with E-state index in [4.69, 9.17) is 4.84 Å². The lowest BCUT2D eigenvalue weighted by Crippen LogP contribution is -2.31. The Hall–Kier alpha value is -1.68. The van der Waals surface area contributed by atoms with Crippen molar-refractivity contribution in [2.75, 3.05) is 7.11 Å². The molecular formula is C17H24N2O2. The van der Waals surface area contributed by atoms with Gasteiger partial charge in [-0.1, -0.05) is 26.8 Å². The van der Waals surface area contributed by atoms with Gasteiger partial charge in [-0.25, -0.2) is 0 Å². The standard InChI is InChI=1S/C17H24N2O2/c1-16(2,3)11-8-9-12-13(10-11)14(18-17(4,5)6)19(21-7)15(12)20/h8-10H,1-7H3. The summed E-state index contributed by atoms with van der Waals surface area (Å²) >= 11 is 0. The lowest BCUT2D eigenvalue weighted by molar-refractivity contribution is -0.0375. The summed E-state index contributed by atoms with van der Waals surface area (Å²) in [6.45, 7) is 12.5. The van der Waals surface area contributed by atoms with Gasteiger partial charge in [0, 0.05) is 5.56 Å². The molecule has 4 heteroatoms. The SMILES string of the molecule is CON1C(=O)c2ccc(C(C)(C)C)cc2C1=NC(C)(C)C. The molecule has 0 saturated carbocycles. The largest absolute Gasteiger partial charge is 0.284 e. The average Bonchev–Trinajstić information content (AvgIpc) is 2.59. The molecule has 114 valence electrons. The number of aliphatic imine (C=N–C) groups is 1.